The van der Waals surface area contributed by atoms with Gasteiger partial charge in [0.2, 0.25) is 0 Å². The molecule has 0 bridgehead atoms. The summed E-state index contributed by atoms with van der Waals surface area (Å²) in [5.74, 6) is 1.02. The third-order valence-corrected chi connectivity index (χ3v) is 6.42. The second kappa shape index (κ2) is 6.36. The lowest BCUT2D eigenvalue weighted by Gasteiger charge is -2.62. The van der Waals surface area contributed by atoms with Crippen LogP contribution in [0.15, 0.2) is 0 Å². The van der Waals surface area contributed by atoms with Gasteiger partial charge in [-0.1, -0.05) is 26.2 Å². The molecule has 3 fully saturated rings. The molecule has 3 aliphatic rings. The molecule has 0 heterocycles. The molecule has 0 aromatic heterocycles. The lowest BCUT2D eigenvalue weighted by atomic mass is 9.50. The SMILES string of the molecule is CCCC1CCC(NC2CC(OCC)C23CCC3)CC1. The van der Waals surface area contributed by atoms with E-state index in [1.165, 1.54) is 64.2 Å². The summed E-state index contributed by atoms with van der Waals surface area (Å²) >= 11 is 0. The molecule has 0 radical (unpaired) electrons. The molecule has 2 unspecified atom stereocenters. The highest BCUT2D eigenvalue weighted by molar-refractivity contribution is 5.12. The summed E-state index contributed by atoms with van der Waals surface area (Å²) in [6.07, 6.45) is 14.6. The van der Waals surface area contributed by atoms with Gasteiger partial charge in [-0.2, -0.15) is 0 Å². The molecule has 0 aliphatic heterocycles. The van der Waals surface area contributed by atoms with Gasteiger partial charge >= 0.3 is 0 Å². The molecule has 1 N–H and O–H groups in total. The highest BCUT2D eigenvalue weighted by atomic mass is 16.5. The van der Waals surface area contributed by atoms with Crippen LogP contribution in [0.4, 0.5) is 0 Å². The third-order valence-electron chi connectivity index (χ3n) is 6.42. The molecule has 3 rings (SSSR count). The Balaban J connectivity index is 1.45. The molecule has 0 amide bonds. The summed E-state index contributed by atoms with van der Waals surface area (Å²) in [5, 5.41) is 4.02. The molecule has 2 nitrogen and oxygen atoms in total. The molecule has 3 saturated carbocycles. The first-order valence-electron chi connectivity index (χ1n) is 9.16. The quantitative estimate of drug-likeness (QED) is 0.783. The molecule has 0 aromatic rings. The van der Waals surface area contributed by atoms with Crippen LogP contribution in [0.1, 0.15) is 78.1 Å². The predicted molar refractivity (Wildman–Crippen MR) is 83.9 cm³/mol. The number of hydrogen-bond acceptors (Lipinski definition) is 2. The van der Waals surface area contributed by atoms with Crippen LogP contribution in [0.3, 0.4) is 0 Å². The molecule has 0 saturated heterocycles. The highest BCUT2D eigenvalue weighted by Gasteiger charge is 2.58. The Labute approximate surface area is 125 Å². The van der Waals surface area contributed by atoms with Gasteiger partial charge in [0.1, 0.15) is 0 Å². The Hall–Kier alpha value is -0.0800. The second-order valence-electron chi connectivity index (χ2n) is 7.49. The summed E-state index contributed by atoms with van der Waals surface area (Å²) in [6, 6.07) is 1.56. The van der Waals surface area contributed by atoms with E-state index in [1.807, 2.05) is 0 Å². The van der Waals surface area contributed by atoms with Crippen molar-refractivity contribution in [2.45, 2.75) is 96.2 Å². The zero-order chi connectivity index (χ0) is 14.0. The van der Waals surface area contributed by atoms with Crippen molar-refractivity contribution in [1.82, 2.24) is 5.32 Å². The Morgan fingerprint density at radius 2 is 1.85 bits per heavy atom. The minimum absolute atomic E-state index is 0.538. The number of hydrogen-bond donors (Lipinski definition) is 1. The second-order valence-corrected chi connectivity index (χ2v) is 7.49. The van der Waals surface area contributed by atoms with E-state index in [4.69, 9.17) is 4.74 Å². The van der Waals surface area contributed by atoms with Crippen LogP contribution in [0.5, 0.6) is 0 Å². The van der Waals surface area contributed by atoms with Gasteiger partial charge in [0.15, 0.2) is 0 Å². The maximum absolute atomic E-state index is 5.96. The van der Waals surface area contributed by atoms with E-state index in [-0.39, 0.29) is 0 Å². The fourth-order valence-electron chi connectivity index (χ4n) is 4.98. The maximum atomic E-state index is 5.96. The van der Waals surface area contributed by atoms with E-state index in [9.17, 15) is 0 Å². The van der Waals surface area contributed by atoms with Gasteiger partial charge in [-0.15, -0.1) is 0 Å². The molecule has 0 aromatic carbocycles. The van der Waals surface area contributed by atoms with Gasteiger partial charge in [0, 0.05) is 24.1 Å². The fourth-order valence-corrected chi connectivity index (χ4v) is 4.98. The zero-order valence-corrected chi connectivity index (χ0v) is 13.5. The number of nitrogens with one attached hydrogen (secondary N) is 1. The van der Waals surface area contributed by atoms with Crippen LogP contribution in [-0.4, -0.2) is 24.8 Å². The molecule has 3 aliphatic carbocycles. The molecule has 2 heteroatoms. The van der Waals surface area contributed by atoms with Gasteiger partial charge in [-0.3, -0.25) is 0 Å². The monoisotopic (exact) mass is 279 g/mol. The average Bonchev–Trinajstić information content (AvgIpc) is 2.38. The van der Waals surface area contributed by atoms with Gasteiger partial charge in [0.05, 0.1) is 6.10 Å². The lowest BCUT2D eigenvalue weighted by Crippen LogP contribution is -2.68. The van der Waals surface area contributed by atoms with Crippen molar-refractivity contribution in [3.8, 4) is 0 Å². The van der Waals surface area contributed by atoms with Gasteiger partial charge < -0.3 is 10.1 Å². The Morgan fingerprint density at radius 1 is 1.10 bits per heavy atom. The maximum Gasteiger partial charge on any atom is 0.0661 e. The number of rotatable bonds is 6. The lowest BCUT2D eigenvalue weighted by molar-refractivity contribution is -0.175. The van der Waals surface area contributed by atoms with Crippen LogP contribution in [0.25, 0.3) is 0 Å². The minimum Gasteiger partial charge on any atom is -0.378 e. The Kier molecular flexibility index (Phi) is 4.72. The smallest absolute Gasteiger partial charge is 0.0661 e. The van der Waals surface area contributed by atoms with Crippen LogP contribution in [-0.2, 0) is 4.74 Å². The summed E-state index contributed by atoms with van der Waals surface area (Å²) in [6.45, 7) is 5.36. The van der Waals surface area contributed by atoms with Crippen molar-refractivity contribution in [2.75, 3.05) is 6.61 Å². The molecule has 2 atom stereocenters. The van der Waals surface area contributed by atoms with Crippen LogP contribution < -0.4 is 5.32 Å². The molecule has 1 spiro atoms. The van der Waals surface area contributed by atoms with Gasteiger partial charge in [0.25, 0.3) is 0 Å². The van der Waals surface area contributed by atoms with Gasteiger partial charge in [-0.05, 0) is 57.8 Å². The topological polar surface area (TPSA) is 21.3 Å². The first-order chi connectivity index (χ1) is 9.78. The summed E-state index contributed by atoms with van der Waals surface area (Å²) in [5.41, 5.74) is 0.538. The highest BCUT2D eigenvalue weighted by Crippen LogP contribution is 2.57. The van der Waals surface area contributed by atoms with E-state index >= 15 is 0 Å². The van der Waals surface area contributed by atoms with E-state index < -0.39 is 0 Å². The van der Waals surface area contributed by atoms with E-state index in [1.54, 1.807) is 0 Å². The Bertz CT molecular complexity index is 305. The van der Waals surface area contributed by atoms with Crippen molar-refractivity contribution < 1.29 is 4.74 Å². The van der Waals surface area contributed by atoms with Crippen LogP contribution >= 0.6 is 0 Å². The fraction of sp³-hybridized carbons (Fsp3) is 1.00. The van der Waals surface area contributed by atoms with Crippen molar-refractivity contribution in [3.63, 3.8) is 0 Å². The summed E-state index contributed by atoms with van der Waals surface area (Å²) in [4.78, 5) is 0. The molecular weight excluding hydrogens is 246 g/mol. The van der Waals surface area contributed by atoms with E-state index in [0.29, 0.717) is 11.5 Å². The van der Waals surface area contributed by atoms with Crippen LogP contribution in [0.2, 0.25) is 0 Å². The van der Waals surface area contributed by atoms with Crippen molar-refractivity contribution >= 4 is 0 Å². The van der Waals surface area contributed by atoms with Gasteiger partial charge in [-0.25, -0.2) is 0 Å². The van der Waals surface area contributed by atoms with Crippen molar-refractivity contribution in [3.05, 3.63) is 0 Å². The molecule has 20 heavy (non-hydrogen) atoms. The van der Waals surface area contributed by atoms with Crippen LogP contribution in [0, 0.1) is 11.3 Å². The van der Waals surface area contributed by atoms with E-state index in [2.05, 4.69) is 19.2 Å². The summed E-state index contributed by atoms with van der Waals surface area (Å²) in [7, 11) is 0. The van der Waals surface area contributed by atoms with Crippen molar-refractivity contribution in [2.24, 2.45) is 11.3 Å². The first-order valence-corrected chi connectivity index (χ1v) is 9.16. The Morgan fingerprint density at radius 3 is 2.40 bits per heavy atom. The molecule has 116 valence electrons. The largest absolute Gasteiger partial charge is 0.378 e. The van der Waals surface area contributed by atoms with E-state index in [0.717, 1.165) is 24.6 Å². The predicted octanol–water partition coefficient (Wildman–Crippen LogP) is 4.28. The third kappa shape index (κ3) is 2.66. The minimum atomic E-state index is 0.538. The average molecular weight is 279 g/mol. The normalized spacial score (nSPS) is 39.3. The number of ether oxygens (including phenoxy) is 1. The first kappa shape index (κ1) is 14.8. The zero-order valence-electron chi connectivity index (χ0n) is 13.5. The standard InChI is InChI=1S/C18H33NO/c1-3-6-14-7-9-15(10-8-14)19-16-13-17(20-4-2)18(16)11-5-12-18/h14-17,19H,3-13H2,1-2H3. The molecular formula is C18H33NO. The summed E-state index contributed by atoms with van der Waals surface area (Å²) < 4.78 is 5.96. The van der Waals surface area contributed by atoms with Crippen molar-refractivity contribution in [1.29, 1.82) is 0 Å².